The van der Waals surface area contributed by atoms with Crippen molar-refractivity contribution in [3.05, 3.63) is 0 Å². The second kappa shape index (κ2) is 8.76. The minimum Gasteiger partial charge on any atom is -0.394 e. The lowest BCUT2D eigenvalue weighted by atomic mass is 9.79. The van der Waals surface area contributed by atoms with Crippen LogP contribution < -0.4 is 10.6 Å². The van der Waals surface area contributed by atoms with Gasteiger partial charge in [-0.3, -0.25) is 4.79 Å². The van der Waals surface area contributed by atoms with Gasteiger partial charge in [0, 0.05) is 11.0 Å². The molecule has 2 saturated carbocycles. The first-order valence-electron chi connectivity index (χ1n) is 11.7. The van der Waals surface area contributed by atoms with Gasteiger partial charge in [-0.25, -0.2) is 0 Å². The third-order valence-electron chi connectivity index (χ3n) is 8.11. The van der Waals surface area contributed by atoms with Gasteiger partial charge in [0.25, 0.3) is 0 Å². The quantitative estimate of drug-likeness (QED) is 0.252. The van der Waals surface area contributed by atoms with Crippen LogP contribution in [0.4, 0.5) is 0 Å². The molecule has 0 radical (unpaired) electrons. The summed E-state index contributed by atoms with van der Waals surface area (Å²) in [6.45, 7) is 9.71. The second-order valence-corrected chi connectivity index (χ2v) is 11.3. The number of amides is 1. The van der Waals surface area contributed by atoms with Crippen molar-refractivity contribution in [3.63, 3.8) is 0 Å². The van der Waals surface area contributed by atoms with E-state index in [1.807, 2.05) is 20.9 Å². The lowest BCUT2D eigenvalue weighted by Crippen LogP contribution is -2.55. The molecule has 0 aromatic heterocycles. The van der Waals surface area contributed by atoms with E-state index >= 15 is 0 Å². The van der Waals surface area contributed by atoms with Crippen molar-refractivity contribution < 1.29 is 34.7 Å². The molecule has 32 heavy (non-hydrogen) atoms. The average molecular weight is 459 g/mol. The van der Waals surface area contributed by atoms with E-state index < -0.39 is 48.1 Å². The molecule has 9 heteroatoms. The van der Waals surface area contributed by atoms with Gasteiger partial charge in [0.2, 0.25) is 5.91 Å². The van der Waals surface area contributed by atoms with Gasteiger partial charge in [0.15, 0.2) is 6.29 Å². The Morgan fingerprint density at radius 1 is 1.25 bits per heavy atom. The molecule has 0 spiro atoms. The van der Waals surface area contributed by atoms with Crippen LogP contribution in [-0.2, 0) is 14.3 Å². The van der Waals surface area contributed by atoms with E-state index in [2.05, 4.69) is 31.4 Å². The van der Waals surface area contributed by atoms with E-state index in [1.54, 1.807) is 0 Å². The molecule has 0 aromatic rings. The van der Waals surface area contributed by atoms with Crippen LogP contribution in [0.2, 0.25) is 0 Å². The van der Waals surface area contributed by atoms with Gasteiger partial charge in [-0.05, 0) is 52.0 Å². The molecular weight excluding hydrogens is 416 g/mol. The van der Waals surface area contributed by atoms with Crippen molar-refractivity contribution in [1.29, 1.82) is 0 Å². The second-order valence-electron chi connectivity index (χ2n) is 11.3. The number of aliphatic hydroxyl groups is 4. The van der Waals surface area contributed by atoms with Crippen LogP contribution in [0.15, 0.2) is 0 Å². The highest BCUT2D eigenvalue weighted by Gasteiger charge is 2.75. The van der Waals surface area contributed by atoms with Crippen LogP contribution in [0.5, 0.6) is 0 Å². The van der Waals surface area contributed by atoms with Gasteiger partial charge in [-0.2, -0.15) is 0 Å². The minimum absolute atomic E-state index is 0.0555. The highest BCUT2D eigenvalue weighted by atomic mass is 16.7. The number of hydrogen-bond acceptors (Lipinski definition) is 8. The number of fused-ring (bicyclic) bond motifs is 1. The van der Waals surface area contributed by atoms with Crippen molar-refractivity contribution in [3.8, 4) is 0 Å². The minimum atomic E-state index is -1.65. The Morgan fingerprint density at radius 3 is 2.38 bits per heavy atom. The Balaban J connectivity index is 1.67. The summed E-state index contributed by atoms with van der Waals surface area (Å²) in [7, 11) is 1.88. The molecule has 3 aliphatic rings. The van der Waals surface area contributed by atoms with Gasteiger partial charge >= 0.3 is 0 Å². The lowest BCUT2D eigenvalue weighted by Gasteiger charge is -2.38. The van der Waals surface area contributed by atoms with Crippen molar-refractivity contribution >= 4 is 5.91 Å². The maximum absolute atomic E-state index is 13.2. The van der Waals surface area contributed by atoms with E-state index in [9.17, 15) is 25.2 Å². The molecule has 1 saturated heterocycles. The molecule has 9 nitrogen and oxygen atoms in total. The molecule has 3 fully saturated rings. The van der Waals surface area contributed by atoms with Crippen LogP contribution >= 0.6 is 0 Å². The predicted molar refractivity (Wildman–Crippen MR) is 118 cm³/mol. The lowest BCUT2D eigenvalue weighted by molar-refractivity contribution is -0.275. The van der Waals surface area contributed by atoms with Gasteiger partial charge in [0.1, 0.15) is 17.8 Å². The standard InChI is InChI=1S/C23H42N2O7/c1-7-22(8-9-22)13(25-19(29)20(2,3)12-21(4,5)24-6)11-31-18-16(27)15-17(28)23(15,30)14(10-26)32-18/h13-18,24,26-28,30H,7-12H2,1-6H3,(H,25,29)/t13-,14?,15?,16?,17?,18-,23?/m0/s1. The van der Waals surface area contributed by atoms with E-state index in [4.69, 9.17) is 9.47 Å². The van der Waals surface area contributed by atoms with Gasteiger partial charge in [-0.1, -0.05) is 20.8 Å². The highest BCUT2D eigenvalue weighted by molar-refractivity contribution is 5.82. The zero-order valence-electron chi connectivity index (χ0n) is 20.2. The molecule has 6 N–H and O–H groups in total. The van der Waals surface area contributed by atoms with Gasteiger partial charge in [-0.15, -0.1) is 0 Å². The first-order valence-corrected chi connectivity index (χ1v) is 11.7. The SMILES string of the molecule is CCC1([C@H](CO[C@H]2OC(CO)C3(O)C(O)C3C2O)NC(=O)C(C)(C)CC(C)(C)NC)CC1. The Labute approximate surface area is 190 Å². The zero-order chi connectivity index (χ0) is 24.1. The van der Waals surface area contributed by atoms with Crippen molar-refractivity contribution in [2.45, 2.75) is 102 Å². The third-order valence-corrected chi connectivity index (χ3v) is 8.11. The van der Waals surface area contributed by atoms with Gasteiger partial charge < -0.3 is 40.5 Å². The third kappa shape index (κ3) is 4.58. The zero-order valence-corrected chi connectivity index (χ0v) is 20.2. The molecule has 2 aliphatic carbocycles. The average Bonchev–Trinajstić information content (AvgIpc) is 3.62. The number of aliphatic hydroxyl groups excluding tert-OH is 3. The van der Waals surface area contributed by atoms with Crippen molar-refractivity contribution in [1.82, 2.24) is 10.6 Å². The molecule has 3 rings (SSSR count). The topological polar surface area (TPSA) is 141 Å². The molecule has 1 aliphatic heterocycles. The summed E-state index contributed by atoms with van der Waals surface area (Å²) in [4.78, 5) is 13.2. The van der Waals surface area contributed by atoms with Crippen molar-refractivity contribution in [2.75, 3.05) is 20.3 Å². The summed E-state index contributed by atoms with van der Waals surface area (Å²) in [6, 6.07) is -0.259. The number of hydrogen-bond donors (Lipinski definition) is 6. The fraction of sp³-hybridized carbons (Fsp3) is 0.957. The van der Waals surface area contributed by atoms with E-state index in [0.717, 1.165) is 19.3 Å². The maximum atomic E-state index is 13.2. The van der Waals surface area contributed by atoms with E-state index in [1.165, 1.54) is 0 Å². The molecule has 1 amide bonds. The van der Waals surface area contributed by atoms with Crippen LogP contribution in [0.1, 0.15) is 60.3 Å². The molecule has 0 bridgehead atoms. The Bertz CT molecular complexity index is 692. The summed E-state index contributed by atoms with van der Waals surface area (Å²) in [6.07, 6.45) is -1.03. The molecule has 186 valence electrons. The maximum Gasteiger partial charge on any atom is 0.226 e. The smallest absolute Gasteiger partial charge is 0.226 e. The summed E-state index contributed by atoms with van der Waals surface area (Å²) < 4.78 is 11.5. The molecule has 5 unspecified atom stereocenters. The molecule has 7 atom stereocenters. The Hall–Kier alpha value is -0.810. The fourth-order valence-corrected chi connectivity index (χ4v) is 5.41. The summed E-state index contributed by atoms with van der Waals surface area (Å²) in [5.41, 5.74) is -2.50. The Morgan fingerprint density at radius 2 is 1.88 bits per heavy atom. The van der Waals surface area contributed by atoms with Crippen LogP contribution in [0.25, 0.3) is 0 Å². The van der Waals surface area contributed by atoms with Crippen molar-refractivity contribution in [2.24, 2.45) is 16.7 Å². The largest absolute Gasteiger partial charge is 0.394 e. The fourth-order valence-electron chi connectivity index (χ4n) is 5.41. The summed E-state index contributed by atoms with van der Waals surface area (Å²) >= 11 is 0. The summed E-state index contributed by atoms with van der Waals surface area (Å²) in [5.74, 6) is -0.880. The normalized spacial score (nSPS) is 36.9. The van der Waals surface area contributed by atoms with E-state index in [0.29, 0.717) is 6.42 Å². The molecule has 0 aromatic carbocycles. The van der Waals surface area contributed by atoms with Crippen LogP contribution in [0.3, 0.4) is 0 Å². The first kappa shape index (κ1) is 25.8. The predicted octanol–water partition coefficient (Wildman–Crippen LogP) is -0.108. The monoisotopic (exact) mass is 458 g/mol. The van der Waals surface area contributed by atoms with Crippen LogP contribution in [-0.4, -0.2) is 88.4 Å². The van der Waals surface area contributed by atoms with Gasteiger partial charge in [0.05, 0.1) is 31.3 Å². The Kier molecular flexibility index (Phi) is 7.06. The summed E-state index contributed by atoms with van der Waals surface area (Å²) in [5, 5.41) is 47.0. The number of carbonyl (C=O) groups excluding carboxylic acids is 1. The number of rotatable bonds is 11. The first-order chi connectivity index (χ1) is 14.8. The number of ether oxygens (including phenoxy) is 2. The number of carbonyl (C=O) groups is 1. The molecule has 1 heterocycles. The van der Waals surface area contributed by atoms with E-state index in [-0.39, 0.29) is 29.5 Å². The molecular formula is C23H42N2O7. The van der Waals surface area contributed by atoms with Crippen LogP contribution in [0, 0.1) is 16.7 Å². The number of nitrogens with one attached hydrogen (secondary N) is 2. The highest BCUT2D eigenvalue weighted by Crippen LogP contribution is 2.55.